The minimum Gasteiger partial charge on any atom is -0.691 e. The van der Waals surface area contributed by atoms with Gasteiger partial charge in [0.25, 0.3) is 0 Å². The Hall–Kier alpha value is 0.490. The van der Waals surface area contributed by atoms with E-state index < -0.39 is 0 Å². The summed E-state index contributed by atoms with van der Waals surface area (Å²) >= 11 is 1.92. The topological polar surface area (TPSA) is 170 Å². The molecule has 0 saturated heterocycles. The molecule has 4 rings (SSSR count). The number of azo groups is 1. The fourth-order valence-electron chi connectivity index (χ4n) is 3.22. The van der Waals surface area contributed by atoms with Gasteiger partial charge in [-0.05, 0) is 41.1 Å². The number of fused-ring (bicyclic) bond motifs is 2. The Bertz CT molecular complexity index is 1370. The Morgan fingerprint density at radius 1 is 0.632 bits per heavy atom. The molecule has 0 unspecified atom stereocenters. The molecule has 0 amide bonds. The molecule has 0 aliphatic rings. The summed E-state index contributed by atoms with van der Waals surface area (Å²) in [5, 5.41) is 62.7. The number of hydrogen-bond donors (Lipinski definition) is 1. The van der Waals surface area contributed by atoms with E-state index in [1.165, 1.54) is 6.07 Å². The van der Waals surface area contributed by atoms with Gasteiger partial charge in [0, 0.05) is 20.6 Å². The van der Waals surface area contributed by atoms with Crippen LogP contribution >= 0.6 is 36.1 Å². The predicted molar refractivity (Wildman–Crippen MR) is 118 cm³/mol. The van der Waals surface area contributed by atoms with Gasteiger partial charge in [-0.1, -0.05) is 30.3 Å². The number of rotatable bonds is 11. The molecule has 0 aromatic heterocycles. The maximum atomic E-state index is 10.8. The van der Waals surface area contributed by atoms with Crippen LogP contribution in [0.25, 0.3) is 21.5 Å². The molecule has 0 saturated carbocycles. The molecule has 4 aromatic rings. The summed E-state index contributed by atoms with van der Waals surface area (Å²) in [6.45, 7) is 0. The monoisotopic (exact) mass is 604 g/mol. The van der Waals surface area contributed by atoms with Gasteiger partial charge in [-0.3, -0.25) is 15.1 Å². The fourth-order valence-corrected chi connectivity index (χ4v) is 4.57. The van der Waals surface area contributed by atoms with E-state index in [0.717, 1.165) is 17.4 Å². The van der Waals surface area contributed by atoms with Crippen molar-refractivity contribution in [3.05, 3.63) is 60.7 Å². The van der Waals surface area contributed by atoms with Crippen molar-refractivity contribution in [3.8, 4) is 5.75 Å². The molecule has 38 heavy (non-hydrogen) atoms. The first-order valence-corrected chi connectivity index (χ1v) is 11.5. The minimum atomic E-state index is -0.305. The quantitative estimate of drug-likeness (QED) is 0.0568. The van der Waals surface area contributed by atoms with E-state index in [1.54, 1.807) is 48.5 Å². The second-order valence-electron chi connectivity index (χ2n) is 6.44. The van der Waals surface area contributed by atoms with Gasteiger partial charge in [0.15, 0.2) is 5.75 Å². The van der Waals surface area contributed by atoms with Gasteiger partial charge in [-0.15, -0.1) is 10.2 Å². The number of phenolic OH excluding ortho intramolecular Hbond substituents is 1. The van der Waals surface area contributed by atoms with Crippen molar-refractivity contribution in [3.63, 3.8) is 0 Å². The van der Waals surface area contributed by atoms with Crippen molar-refractivity contribution in [1.82, 2.24) is 0 Å². The Kier molecular flexibility index (Phi) is 18.1. The molecule has 0 atom stereocenters. The molecule has 0 spiro atoms. The molecule has 0 aliphatic heterocycles. The smallest absolute Gasteiger partial charge is 0.691 e. The Balaban J connectivity index is 0.00000241. The van der Waals surface area contributed by atoms with Crippen molar-refractivity contribution >= 4 is 69.0 Å². The largest absolute Gasteiger partial charge is 1.00 e. The first-order valence-electron chi connectivity index (χ1n) is 9.29. The van der Waals surface area contributed by atoms with E-state index in [9.17, 15) is 20.9 Å². The third kappa shape index (κ3) is 9.25. The predicted octanol–water partition coefficient (Wildman–Crippen LogP) is -5.18. The molecular formula is C20H11N2Na3O10S3. The number of nitrogens with zero attached hydrogens (tertiary/aromatic N) is 2. The summed E-state index contributed by atoms with van der Waals surface area (Å²) in [5.41, 5.74) is 0.550. The van der Waals surface area contributed by atoms with Crippen LogP contribution in [0.1, 0.15) is 0 Å². The fraction of sp³-hybridized carbons (Fsp3) is 0. The summed E-state index contributed by atoms with van der Waals surface area (Å²) in [6, 6.07) is 17.0. The molecule has 12 nitrogen and oxygen atoms in total. The first kappa shape index (κ1) is 36.5. The van der Waals surface area contributed by atoms with Crippen molar-refractivity contribution in [2.24, 2.45) is 10.2 Å². The van der Waals surface area contributed by atoms with Crippen molar-refractivity contribution in [2.75, 3.05) is 0 Å². The molecule has 0 bridgehead atoms. The normalized spacial score (nSPS) is 10.8. The molecule has 0 radical (unpaired) electrons. The van der Waals surface area contributed by atoms with Crippen LogP contribution in [0.15, 0.2) is 85.6 Å². The van der Waals surface area contributed by atoms with Crippen molar-refractivity contribution in [1.29, 1.82) is 0 Å². The summed E-state index contributed by atoms with van der Waals surface area (Å²) in [7, 11) is 0. The van der Waals surface area contributed by atoms with Crippen LogP contribution in [-0.4, -0.2) is 5.11 Å². The van der Waals surface area contributed by atoms with Crippen LogP contribution in [0, 0.1) is 0 Å². The van der Waals surface area contributed by atoms with E-state index in [-0.39, 0.29) is 105 Å². The zero-order chi connectivity index (χ0) is 24.6. The maximum Gasteiger partial charge on any atom is 1.00 e. The van der Waals surface area contributed by atoms with Gasteiger partial charge in [0.05, 0.1) is 46.7 Å². The van der Waals surface area contributed by atoms with Crippen LogP contribution in [0.5, 0.6) is 5.75 Å². The van der Waals surface area contributed by atoms with Crippen LogP contribution < -0.4 is 104 Å². The second kappa shape index (κ2) is 18.8. The minimum absolute atomic E-state index is 0. The average Bonchev–Trinajstić information content (AvgIpc) is 2.89. The van der Waals surface area contributed by atoms with Crippen LogP contribution in [-0.2, 0) is 28.1 Å². The number of hydrogen-bond acceptors (Lipinski definition) is 15. The zero-order valence-corrected chi connectivity index (χ0v) is 28.5. The standard InChI is InChI=1S/C20H14N2O10S3.3Na/c23-20-18(35-32-29-26)10-11-9-12(33-30-27-24)5-6-13(11)19(20)22-21-16-7-8-17(34-31-28-25)15-4-2-1-3-14(15)16;;;/h1-10,23-26H;;;/q;3*+1/p-3. The molecule has 18 heteroatoms. The summed E-state index contributed by atoms with van der Waals surface area (Å²) < 4.78 is 13.1. The molecular weight excluding hydrogens is 593 g/mol. The third-order valence-corrected chi connectivity index (χ3v) is 6.45. The van der Waals surface area contributed by atoms with E-state index in [2.05, 4.69) is 38.3 Å². The Morgan fingerprint density at radius 2 is 1.26 bits per heavy atom. The van der Waals surface area contributed by atoms with Gasteiger partial charge in [0.2, 0.25) is 0 Å². The van der Waals surface area contributed by atoms with Gasteiger partial charge in [-0.25, -0.2) is 0 Å². The zero-order valence-electron chi connectivity index (χ0n) is 20.0. The number of phenols is 1. The van der Waals surface area contributed by atoms with E-state index in [1.807, 2.05) is 6.07 Å². The Morgan fingerprint density at radius 3 is 1.95 bits per heavy atom. The van der Waals surface area contributed by atoms with Crippen LogP contribution in [0.2, 0.25) is 0 Å². The average molecular weight is 604 g/mol. The van der Waals surface area contributed by atoms with Crippen molar-refractivity contribution in [2.45, 2.75) is 14.7 Å². The van der Waals surface area contributed by atoms with E-state index >= 15 is 0 Å². The summed E-state index contributed by atoms with van der Waals surface area (Å²) in [6.07, 6.45) is 0. The van der Waals surface area contributed by atoms with Crippen molar-refractivity contribution < 1.29 is 138 Å². The van der Waals surface area contributed by atoms with Gasteiger partial charge in [0.1, 0.15) is 5.69 Å². The maximum absolute atomic E-state index is 10.8. The number of aromatic hydroxyl groups is 1. The second-order valence-corrected chi connectivity index (χ2v) is 8.70. The molecule has 182 valence electrons. The summed E-state index contributed by atoms with van der Waals surface area (Å²) in [4.78, 5) is 1.25. The molecule has 0 fully saturated rings. The van der Waals surface area contributed by atoms with Gasteiger partial charge < -0.3 is 20.9 Å². The van der Waals surface area contributed by atoms with Gasteiger partial charge in [-0.2, -0.15) is 13.0 Å². The molecule has 4 aromatic carbocycles. The molecule has 0 aliphatic carbocycles. The first-order chi connectivity index (χ1) is 17.2. The van der Waals surface area contributed by atoms with Gasteiger partial charge >= 0.3 is 88.7 Å². The third-order valence-electron chi connectivity index (χ3n) is 4.60. The van der Waals surface area contributed by atoms with E-state index in [4.69, 9.17) is 0 Å². The molecule has 0 heterocycles. The number of benzene rings is 4. The van der Waals surface area contributed by atoms with Crippen LogP contribution in [0.4, 0.5) is 11.4 Å². The SMILES string of the molecule is [Na+].[Na+].[Na+].[O-]OOSc1ccc2c(N=Nc3ccc(SOO[O-])c4ccccc34)c(O)c(SOO[O-])cc2c1. The van der Waals surface area contributed by atoms with E-state index in [0.29, 0.717) is 55.7 Å². The molecule has 1 N–H and O–H groups in total. The summed E-state index contributed by atoms with van der Waals surface area (Å²) in [5.74, 6) is -0.305. The van der Waals surface area contributed by atoms with Crippen LogP contribution in [0.3, 0.4) is 0 Å². The Labute approximate surface area is 294 Å².